The fraction of sp³-hybridized carbons (Fsp3) is 0.500. The SMILES string of the molecule is Cn1c(C(=O)NC2CCS(=O)(=O)C2)cc(Cl)c1Cl. The first-order valence-corrected chi connectivity index (χ1v) is 7.90. The minimum atomic E-state index is -3.01. The summed E-state index contributed by atoms with van der Waals surface area (Å²) in [7, 11) is -1.39. The Balaban J connectivity index is 2.11. The van der Waals surface area contributed by atoms with Gasteiger partial charge in [-0.3, -0.25) is 4.79 Å². The molecular weight excluding hydrogens is 299 g/mol. The molecule has 0 saturated carbocycles. The van der Waals surface area contributed by atoms with Crippen molar-refractivity contribution < 1.29 is 13.2 Å². The molecule has 1 saturated heterocycles. The molecule has 0 aliphatic carbocycles. The molecule has 1 fully saturated rings. The number of halogens is 2. The van der Waals surface area contributed by atoms with Crippen molar-refractivity contribution in [3.63, 3.8) is 0 Å². The van der Waals surface area contributed by atoms with E-state index in [2.05, 4.69) is 5.32 Å². The highest BCUT2D eigenvalue weighted by atomic mass is 35.5. The normalized spacial score (nSPS) is 22.1. The van der Waals surface area contributed by atoms with Crippen LogP contribution in [0.4, 0.5) is 0 Å². The van der Waals surface area contributed by atoms with Crippen molar-refractivity contribution in [1.82, 2.24) is 9.88 Å². The van der Waals surface area contributed by atoms with Crippen LogP contribution >= 0.6 is 23.2 Å². The summed E-state index contributed by atoms with van der Waals surface area (Å²) >= 11 is 11.7. The number of nitrogens with one attached hydrogen (secondary N) is 1. The quantitative estimate of drug-likeness (QED) is 0.894. The molecule has 100 valence electrons. The molecule has 1 atom stereocenters. The number of rotatable bonds is 2. The largest absolute Gasteiger partial charge is 0.347 e. The Morgan fingerprint density at radius 1 is 1.50 bits per heavy atom. The van der Waals surface area contributed by atoms with Gasteiger partial charge in [0.15, 0.2) is 9.84 Å². The van der Waals surface area contributed by atoms with E-state index in [9.17, 15) is 13.2 Å². The molecule has 0 aromatic carbocycles. The van der Waals surface area contributed by atoms with E-state index in [1.807, 2.05) is 0 Å². The molecule has 1 aromatic rings. The number of amides is 1. The van der Waals surface area contributed by atoms with Gasteiger partial charge < -0.3 is 9.88 Å². The van der Waals surface area contributed by atoms with E-state index in [-0.39, 0.29) is 28.6 Å². The van der Waals surface area contributed by atoms with Crippen LogP contribution in [0.3, 0.4) is 0 Å². The topological polar surface area (TPSA) is 68.2 Å². The first kappa shape index (κ1) is 13.7. The molecule has 1 aliphatic rings. The fourth-order valence-electron chi connectivity index (χ4n) is 1.93. The van der Waals surface area contributed by atoms with Gasteiger partial charge in [-0.25, -0.2) is 8.42 Å². The van der Waals surface area contributed by atoms with Crippen molar-refractivity contribution >= 4 is 38.9 Å². The first-order valence-electron chi connectivity index (χ1n) is 5.32. The number of aromatic nitrogens is 1. The zero-order valence-corrected chi connectivity index (χ0v) is 11.9. The molecule has 1 N–H and O–H groups in total. The van der Waals surface area contributed by atoms with Crippen LogP contribution in [0.15, 0.2) is 6.07 Å². The van der Waals surface area contributed by atoms with Crippen LogP contribution in [0, 0.1) is 0 Å². The highest BCUT2D eigenvalue weighted by Crippen LogP contribution is 2.25. The molecule has 1 aliphatic heterocycles. The van der Waals surface area contributed by atoms with Gasteiger partial charge in [0.25, 0.3) is 5.91 Å². The van der Waals surface area contributed by atoms with Crippen LogP contribution in [-0.4, -0.2) is 36.4 Å². The maximum absolute atomic E-state index is 12.0. The standard InChI is InChI=1S/C10H12Cl2N2O3S/c1-14-8(4-7(11)9(14)12)10(15)13-6-2-3-18(16,17)5-6/h4,6H,2-3,5H2,1H3,(H,13,15). The summed E-state index contributed by atoms with van der Waals surface area (Å²) < 4.78 is 24.0. The monoisotopic (exact) mass is 310 g/mol. The lowest BCUT2D eigenvalue weighted by Crippen LogP contribution is -2.36. The van der Waals surface area contributed by atoms with E-state index in [0.29, 0.717) is 17.1 Å². The Bertz CT molecular complexity index is 595. The maximum Gasteiger partial charge on any atom is 0.268 e. The van der Waals surface area contributed by atoms with E-state index < -0.39 is 9.84 Å². The Labute approximate surface area is 115 Å². The summed E-state index contributed by atoms with van der Waals surface area (Å²) in [5, 5.41) is 3.25. The van der Waals surface area contributed by atoms with Crippen molar-refractivity contribution in [1.29, 1.82) is 0 Å². The second kappa shape index (κ2) is 4.75. The van der Waals surface area contributed by atoms with Crippen LogP contribution in [0.5, 0.6) is 0 Å². The minimum absolute atomic E-state index is 0.00930. The van der Waals surface area contributed by atoms with Crippen LogP contribution in [0.25, 0.3) is 0 Å². The smallest absolute Gasteiger partial charge is 0.268 e. The average molecular weight is 311 g/mol. The predicted molar refractivity (Wildman–Crippen MR) is 70.0 cm³/mol. The number of carbonyl (C=O) groups is 1. The van der Waals surface area contributed by atoms with Crippen LogP contribution in [0.1, 0.15) is 16.9 Å². The van der Waals surface area contributed by atoms with E-state index in [1.54, 1.807) is 7.05 Å². The summed E-state index contributed by atoms with van der Waals surface area (Å²) in [5.41, 5.74) is 0.314. The Morgan fingerprint density at radius 2 is 2.17 bits per heavy atom. The molecule has 1 aromatic heterocycles. The summed E-state index contributed by atoms with van der Waals surface area (Å²) in [5.74, 6) is -0.259. The zero-order valence-electron chi connectivity index (χ0n) is 9.61. The Kier molecular flexibility index (Phi) is 3.62. The zero-order chi connectivity index (χ0) is 13.5. The highest BCUT2D eigenvalue weighted by Gasteiger charge is 2.29. The summed E-state index contributed by atoms with van der Waals surface area (Å²) in [6.45, 7) is 0. The van der Waals surface area contributed by atoms with E-state index in [4.69, 9.17) is 23.2 Å². The molecule has 5 nitrogen and oxygen atoms in total. The second-order valence-corrected chi connectivity index (χ2v) is 7.29. The molecule has 2 rings (SSSR count). The van der Waals surface area contributed by atoms with Crippen LogP contribution < -0.4 is 5.32 Å². The van der Waals surface area contributed by atoms with Crippen molar-refractivity contribution in [2.24, 2.45) is 7.05 Å². The van der Waals surface area contributed by atoms with E-state index in [0.717, 1.165) is 0 Å². The number of hydrogen-bond acceptors (Lipinski definition) is 3. The number of carbonyl (C=O) groups excluding carboxylic acids is 1. The third-order valence-electron chi connectivity index (χ3n) is 2.92. The van der Waals surface area contributed by atoms with Crippen LogP contribution in [-0.2, 0) is 16.9 Å². The molecule has 8 heteroatoms. The van der Waals surface area contributed by atoms with E-state index in [1.165, 1.54) is 10.6 Å². The predicted octanol–water partition coefficient (Wildman–Crippen LogP) is 1.25. The summed E-state index contributed by atoms with van der Waals surface area (Å²) in [6.07, 6.45) is 0.444. The molecule has 2 heterocycles. The van der Waals surface area contributed by atoms with Gasteiger partial charge in [-0.05, 0) is 12.5 Å². The number of sulfone groups is 1. The lowest BCUT2D eigenvalue weighted by molar-refractivity contribution is 0.0933. The summed E-state index contributed by atoms with van der Waals surface area (Å²) in [6, 6.07) is 1.12. The van der Waals surface area contributed by atoms with Crippen LogP contribution in [0.2, 0.25) is 10.2 Å². The minimum Gasteiger partial charge on any atom is -0.347 e. The van der Waals surface area contributed by atoms with Gasteiger partial charge in [-0.15, -0.1) is 0 Å². The lowest BCUT2D eigenvalue weighted by Gasteiger charge is -2.11. The van der Waals surface area contributed by atoms with Gasteiger partial charge in [-0.1, -0.05) is 23.2 Å². The number of hydrogen-bond donors (Lipinski definition) is 1. The molecule has 1 amide bonds. The third kappa shape index (κ3) is 2.65. The second-order valence-electron chi connectivity index (χ2n) is 4.30. The van der Waals surface area contributed by atoms with Crippen molar-refractivity contribution in [2.45, 2.75) is 12.5 Å². The molecule has 0 radical (unpaired) electrons. The van der Waals surface area contributed by atoms with E-state index >= 15 is 0 Å². The summed E-state index contributed by atoms with van der Waals surface area (Å²) in [4.78, 5) is 12.0. The molecule has 1 unspecified atom stereocenters. The average Bonchev–Trinajstić information content (AvgIpc) is 2.73. The number of nitrogens with zero attached hydrogens (tertiary/aromatic N) is 1. The molecule has 0 spiro atoms. The van der Waals surface area contributed by atoms with Gasteiger partial charge >= 0.3 is 0 Å². The van der Waals surface area contributed by atoms with Gasteiger partial charge in [0, 0.05) is 13.1 Å². The Hall–Kier alpha value is -0.720. The van der Waals surface area contributed by atoms with Gasteiger partial charge in [0.2, 0.25) is 0 Å². The lowest BCUT2D eigenvalue weighted by atomic mass is 10.2. The highest BCUT2D eigenvalue weighted by molar-refractivity contribution is 7.91. The van der Waals surface area contributed by atoms with Gasteiger partial charge in [0.05, 0.1) is 16.5 Å². The maximum atomic E-state index is 12.0. The van der Waals surface area contributed by atoms with Crippen molar-refractivity contribution in [2.75, 3.05) is 11.5 Å². The van der Waals surface area contributed by atoms with Gasteiger partial charge in [0.1, 0.15) is 10.8 Å². The van der Waals surface area contributed by atoms with Crippen molar-refractivity contribution in [3.05, 3.63) is 21.9 Å². The van der Waals surface area contributed by atoms with Crippen molar-refractivity contribution in [3.8, 4) is 0 Å². The molecule has 0 bridgehead atoms. The first-order chi connectivity index (χ1) is 8.30. The Morgan fingerprint density at radius 3 is 2.61 bits per heavy atom. The fourth-order valence-corrected chi connectivity index (χ4v) is 3.98. The van der Waals surface area contributed by atoms with Gasteiger partial charge in [-0.2, -0.15) is 0 Å². The molecule has 18 heavy (non-hydrogen) atoms. The third-order valence-corrected chi connectivity index (χ3v) is 5.53. The molecular formula is C10H12Cl2N2O3S.